The molecule has 21 heavy (non-hydrogen) atoms. The van der Waals surface area contributed by atoms with Crippen molar-refractivity contribution < 1.29 is 9.53 Å². The summed E-state index contributed by atoms with van der Waals surface area (Å²) in [5, 5.41) is 3.55. The van der Waals surface area contributed by atoms with E-state index in [-0.39, 0.29) is 5.97 Å². The normalized spacial score (nSPS) is 26.3. The smallest absolute Gasteiger partial charge is 0.326 e. The Morgan fingerprint density at radius 2 is 2.05 bits per heavy atom. The fourth-order valence-electron chi connectivity index (χ4n) is 3.49. The van der Waals surface area contributed by atoms with Gasteiger partial charge in [0.2, 0.25) is 0 Å². The Labute approximate surface area is 130 Å². The first kappa shape index (κ1) is 18.4. The minimum absolute atomic E-state index is 0.0765. The third-order valence-electron chi connectivity index (χ3n) is 5.09. The zero-order chi connectivity index (χ0) is 15.9. The van der Waals surface area contributed by atoms with Gasteiger partial charge in [-0.25, -0.2) is 0 Å². The van der Waals surface area contributed by atoms with Crippen LogP contribution in [0.2, 0.25) is 0 Å². The molecule has 0 bridgehead atoms. The second-order valence-electron chi connectivity index (χ2n) is 6.63. The minimum Gasteiger partial charge on any atom is -0.468 e. The summed E-state index contributed by atoms with van der Waals surface area (Å²) in [7, 11) is 1.51. The summed E-state index contributed by atoms with van der Waals surface area (Å²) < 4.78 is 5.12. The fraction of sp³-hybridized carbons (Fsp3) is 0.941. The van der Waals surface area contributed by atoms with E-state index in [1.807, 2.05) is 0 Å². The molecule has 0 aromatic carbocycles. The van der Waals surface area contributed by atoms with Gasteiger partial charge in [0, 0.05) is 13.1 Å². The summed E-state index contributed by atoms with van der Waals surface area (Å²) in [6.45, 7) is 12.8. The van der Waals surface area contributed by atoms with Gasteiger partial charge in [0.05, 0.1) is 7.11 Å². The Morgan fingerprint density at radius 1 is 1.38 bits per heavy atom. The van der Waals surface area contributed by atoms with Crippen LogP contribution in [0.4, 0.5) is 0 Å². The Hall–Kier alpha value is -0.610. The standard InChI is InChI=1S/C17H34N2O2/c1-6-19(7-2)12-11-18-17(16(20)21-5)10-8-9-15(13-17)14(3)4/h14-15,18H,6-13H2,1-5H3. The number of carbonyl (C=O) groups is 1. The Morgan fingerprint density at radius 3 is 2.57 bits per heavy atom. The highest BCUT2D eigenvalue weighted by Gasteiger charge is 2.43. The molecule has 0 aromatic heterocycles. The van der Waals surface area contributed by atoms with Crippen molar-refractivity contribution in [3.8, 4) is 0 Å². The summed E-state index contributed by atoms with van der Waals surface area (Å²) in [5.41, 5.74) is -0.463. The van der Waals surface area contributed by atoms with Crippen molar-refractivity contribution in [3.63, 3.8) is 0 Å². The van der Waals surface area contributed by atoms with Crippen molar-refractivity contribution in [2.45, 2.75) is 58.9 Å². The predicted octanol–water partition coefficient (Wildman–Crippen LogP) is 2.68. The molecule has 2 atom stereocenters. The van der Waals surface area contributed by atoms with Gasteiger partial charge >= 0.3 is 5.97 Å². The summed E-state index contributed by atoms with van der Waals surface area (Å²) in [6.07, 6.45) is 4.15. The molecule has 0 saturated heterocycles. The van der Waals surface area contributed by atoms with Gasteiger partial charge in [-0.2, -0.15) is 0 Å². The van der Waals surface area contributed by atoms with Crippen LogP contribution in [0.1, 0.15) is 53.4 Å². The van der Waals surface area contributed by atoms with Crippen LogP contribution in [0.25, 0.3) is 0 Å². The molecule has 1 aliphatic carbocycles. The molecule has 0 amide bonds. The van der Waals surface area contributed by atoms with Crippen LogP contribution in [0.15, 0.2) is 0 Å². The second kappa shape index (κ2) is 8.74. The van der Waals surface area contributed by atoms with Gasteiger partial charge in [-0.1, -0.05) is 40.5 Å². The first-order valence-electron chi connectivity index (χ1n) is 8.54. The van der Waals surface area contributed by atoms with Gasteiger partial charge in [0.25, 0.3) is 0 Å². The molecule has 0 heterocycles. The van der Waals surface area contributed by atoms with Gasteiger partial charge in [-0.05, 0) is 37.8 Å². The highest BCUT2D eigenvalue weighted by Crippen LogP contribution is 2.37. The zero-order valence-corrected chi connectivity index (χ0v) is 14.6. The van der Waals surface area contributed by atoms with Crippen molar-refractivity contribution >= 4 is 5.97 Å². The number of methoxy groups -OCH3 is 1. The van der Waals surface area contributed by atoms with Crippen LogP contribution in [-0.4, -0.2) is 49.7 Å². The van der Waals surface area contributed by atoms with E-state index in [1.165, 1.54) is 13.5 Å². The van der Waals surface area contributed by atoms with Crippen molar-refractivity contribution in [1.82, 2.24) is 10.2 Å². The molecule has 4 heteroatoms. The maximum atomic E-state index is 12.4. The van der Waals surface area contributed by atoms with E-state index in [0.717, 1.165) is 45.4 Å². The summed E-state index contributed by atoms with van der Waals surface area (Å²) in [5.74, 6) is 1.16. The van der Waals surface area contributed by atoms with E-state index < -0.39 is 5.54 Å². The average molecular weight is 298 g/mol. The Balaban J connectivity index is 2.68. The Kier molecular flexibility index (Phi) is 7.67. The number of ether oxygens (including phenoxy) is 1. The van der Waals surface area contributed by atoms with Crippen molar-refractivity contribution in [2.75, 3.05) is 33.3 Å². The minimum atomic E-state index is -0.463. The largest absolute Gasteiger partial charge is 0.468 e. The number of nitrogens with one attached hydrogen (secondary N) is 1. The van der Waals surface area contributed by atoms with E-state index in [1.54, 1.807) is 0 Å². The lowest BCUT2D eigenvalue weighted by molar-refractivity contribution is -0.151. The second-order valence-corrected chi connectivity index (χ2v) is 6.63. The number of carbonyl (C=O) groups excluding carboxylic acids is 1. The van der Waals surface area contributed by atoms with E-state index in [9.17, 15) is 4.79 Å². The van der Waals surface area contributed by atoms with Crippen LogP contribution >= 0.6 is 0 Å². The van der Waals surface area contributed by atoms with E-state index in [4.69, 9.17) is 4.74 Å². The molecule has 0 spiro atoms. The highest BCUT2D eigenvalue weighted by molar-refractivity contribution is 5.81. The van der Waals surface area contributed by atoms with Crippen LogP contribution in [0.3, 0.4) is 0 Å². The molecule has 0 aromatic rings. The Bertz CT molecular complexity index is 316. The molecular weight excluding hydrogens is 264 g/mol. The van der Waals surface area contributed by atoms with Crippen LogP contribution in [0, 0.1) is 11.8 Å². The maximum Gasteiger partial charge on any atom is 0.326 e. The molecule has 1 N–H and O–H groups in total. The molecule has 124 valence electrons. The van der Waals surface area contributed by atoms with E-state index in [0.29, 0.717) is 11.8 Å². The first-order chi connectivity index (χ1) is 9.99. The van der Waals surface area contributed by atoms with Crippen LogP contribution in [-0.2, 0) is 9.53 Å². The van der Waals surface area contributed by atoms with Gasteiger partial charge in [-0.15, -0.1) is 0 Å². The van der Waals surface area contributed by atoms with Gasteiger partial charge in [0.1, 0.15) is 5.54 Å². The number of hydrogen-bond acceptors (Lipinski definition) is 4. The van der Waals surface area contributed by atoms with Crippen molar-refractivity contribution in [2.24, 2.45) is 11.8 Å². The lowest BCUT2D eigenvalue weighted by Crippen LogP contribution is -2.57. The van der Waals surface area contributed by atoms with Crippen LogP contribution in [0.5, 0.6) is 0 Å². The molecular formula is C17H34N2O2. The lowest BCUT2D eigenvalue weighted by Gasteiger charge is -2.41. The van der Waals surface area contributed by atoms with Crippen molar-refractivity contribution in [1.29, 1.82) is 0 Å². The number of hydrogen-bond donors (Lipinski definition) is 1. The number of esters is 1. The maximum absolute atomic E-state index is 12.4. The number of nitrogens with zero attached hydrogens (tertiary/aromatic N) is 1. The third-order valence-corrected chi connectivity index (χ3v) is 5.09. The monoisotopic (exact) mass is 298 g/mol. The molecule has 1 aliphatic rings. The van der Waals surface area contributed by atoms with E-state index >= 15 is 0 Å². The number of rotatable bonds is 8. The zero-order valence-electron chi connectivity index (χ0n) is 14.6. The van der Waals surface area contributed by atoms with Gasteiger partial charge in [-0.3, -0.25) is 4.79 Å². The summed E-state index contributed by atoms with van der Waals surface area (Å²) in [4.78, 5) is 14.7. The SMILES string of the molecule is CCN(CC)CCNC1(C(=O)OC)CCCC(C(C)C)C1. The van der Waals surface area contributed by atoms with Gasteiger partial charge < -0.3 is 15.0 Å². The molecule has 1 saturated carbocycles. The third kappa shape index (κ3) is 4.96. The van der Waals surface area contributed by atoms with Crippen LogP contribution < -0.4 is 5.32 Å². The number of likely N-dealkylation sites (N-methyl/N-ethyl adjacent to an activating group) is 1. The lowest BCUT2D eigenvalue weighted by atomic mass is 9.71. The molecule has 0 aliphatic heterocycles. The fourth-order valence-corrected chi connectivity index (χ4v) is 3.49. The van der Waals surface area contributed by atoms with Crippen molar-refractivity contribution in [3.05, 3.63) is 0 Å². The topological polar surface area (TPSA) is 41.6 Å². The summed E-state index contributed by atoms with van der Waals surface area (Å²) >= 11 is 0. The predicted molar refractivity (Wildman–Crippen MR) is 87.3 cm³/mol. The first-order valence-corrected chi connectivity index (χ1v) is 8.54. The van der Waals surface area contributed by atoms with Gasteiger partial charge in [0.15, 0.2) is 0 Å². The highest BCUT2D eigenvalue weighted by atomic mass is 16.5. The molecule has 2 unspecified atom stereocenters. The average Bonchev–Trinajstić information content (AvgIpc) is 2.51. The van der Waals surface area contributed by atoms with E-state index in [2.05, 4.69) is 37.9 Å². The summed E-state index contributed by atoms with van der Waals surface area (Å²) in [6, 6.07) is 0. The molecule has 1 rings (SSSR count). The molecule has 1 fully saturated rings. The molecule has 0 radical (unpaired) electrons. The molecule has 4 nitrogen and oxygen atoms in total. The quantitative estimate of drug-likeness (QED) is 0.700.